The molecule has 4 nitrogen and oxygen atoms in total. The number of H-pyrrole nitrogens is 1. The van der Waals surface area contributed by atoms with E-state index in [2.05, 4.69) is 29.1 Å². The monoisotopic (exact) mass is 217 g/mol. The van der Waals surface area contributed by atoms with Crippen LogP contribution < -0.4 is 10.9 Å². The van der Waals surface area contributed by atoms with Crippen LogP contribution in [0.2, 0.25) is 0 Å². The summed E-state index contributed by atoms with van der Waals surface area (Å²) in [5.74, 6) is 0.540. The van der Waals surface area contributed by atoms with Crippen LogP contribution in [0.5, 0.6) is 0 Å². The van der Waals surface area contributed by atoms with E-state index in [1.807, 2.05) is 18.2 Å². The summed E-state index contributed by atoms with van der Waals surface area (Å²) >= 11 is 0. The third-order valence-electron chi connectivity index (χ3n) is 2.61. The molecule has 1 atom stereocenters. The van der Waals surface area contributed by atoms with Crippen molar-refractivity contribution in [2.75, 3.05) is 5.32 Å². The van der Waals surface area contributed by atoms with Crippen molar-refractivity contribution in [2.45, 2.75) is 26.3 Å². The van der Waals surface area contributed by atoms with E-state index in [9.17, 15) is 4.79 Å². The van der Waals surface area contributed by atoms with Crippen LogP contribution in [0, 0.1) is 0 Å². The number of aromatic nitrogens is 2. The van der Waals surface area contributed by atoms with Crippen LogP contribution in [0.3, 0.4) is 0 Å². The summed E-state index contributed by atoms with van der Waals surface area (Å²) in [6.45, 7) is 4.13. The van der Waals surface area contributed by atoms with Gasteiger partial charge in [0.1, 0.15) is 0 Å². The zero-order chi connectivity index (χ0) is 11.5. The summed E-state index contributed by atoms with van der Waals surface area (Å²) < 4.78 is 0. The molecule has 1 heterocycles. The maximum atomic E-state index is 11.7. The van der Waals surface area contributed by atoms with E-state index in [1.165, 1.54) is 0 Å². The molecule has 2 aromatic rings. The van der Waals surface area contributed by atoms with Gasteiger partial charge in [-0.25, -0.2) is 4.98 Å². The van der Waals surface area contributed by atoms with Crippen molar-refractivity contribution in [3.63, 3.8) is 0 Å². The van der Waals surface area contributed by atoms with Crippen molar-refractivity contribution in [3.05, 3.63) is 34.6 Å². The van der Waals surface area contributed by atoms with Crippen molar-refractivity contribution in [1.29, 1.82) is 0 Å². The molecular weight excluding hydrogens is 202 g/mol. The van der Waals surface area contributed by atoms with Crippen molar-refractivity contribution in [3.8, 4) is 0 Å². The van der Waals surface area contributed by atoms with Gasteiger partial charge in [0.05, 0.1) is 10.9 Å². The van der Waals surface area contributed by atoms with Gasteiger partial charge in [-0.1, -0.05) is 19.1 Å². The van der Waals surface area contributed by atoms with Crippen LogP contribution in [0.25, 0.3) is 10.9 Å². The van der Waals surface area contributed by atoms with Crippen LogP contribution >= 0.6 is 0 Å². The average molecular weight is 217 g/mol. The lowest BCUT2D eigenvalue weighted by molar-refractivity contribution is 0.753. The molecule has 0 bridgehead atoms. The Hall–Kier alpha value is -1.84. The highest BCUT2D eigenvalue weighted by Crippen LogP contribution is 2.08. The predicted octanol–water partition coefficient (Wildman–Crippen LogP) is 2.13. The van der Waals surface area contributed by atoms with Gasteiger partial charge >= 0.3 is 0 Å². The molecule has 0 aliphatic heterocycles. The Labute approximate surface area is 93.7 Å². The molecule has 84 valence electrons. The number of hydrogen-bond donors (Lipinski definition) is 2. The van der Waals surface area contributed by atoms with Gasteiger partial charge in [-0.3, -0.25) is 9.78 Å². The topological polar surface area (TPSA) is 57.8 Å². The summed E-state index contributed by atoms with van der Waals surface area (Å²) in [4.78, 5) is 18.8. The molecule has 2 rings (SSSR count). The molecule has 1 unspecified atom stereocenters. The fourth-order valence-electron chi connectivity index (χ4n) is 1.49. The molecule has 1 aromatic heterocycles. The summed E-state index contributed by atoms with van der Waals surface area (Å²) in [5.41, 5.74) is 0.619. The van der Waals surface area contributed by atoms with Crippen LogP contribution in [-0.4, -0.2) is 16.0 Å². The molecule has 0 saturated heterocycles. The first-order chi connectivity index (χ1) is 7.70. The minimum atomic E-state index is -0.101. The Morgan fingerprint density at radius 3 is 2.94 bits per heavy atom. The zero-order valence-electron chi connectivity index (χ0n) is 9.45. The second-order valence-corrected chi connectivity index (χ2v) is 3.89. The van der Waals surface area contributed by atoms with Crippen molar-refractivity contribution in [1.82, 2.24) is 9.97 Å². The number of fused-ring (bicyclic) bond motifs is 1. The van der Waals surface area contributed by atoms with E-state index in [0.29, 0.717) is 17.4 Å². The van der Waals surface area contributed by atoms with Gasteiger partial charge < -0.3 is 5.32 Å². The Kier molecular flexibility index (Phi) is 2.90. The normalized spacial score (nSPS) is 12.6. The largest absolute Gasteiger partial charge is 0.353 e. The van der Waals surface area contributed by atoms with Crippen molar-refractivity contribution < 1.29 is 0 Å². The van der Waals surface area contributed by atoms with Gasteiger partial charge in [0.2, 0.25) is 5.95 Å². The second-order valence-electron chi connectivity index (χ2n) is 3.89. The number of nitrogens with zero attached hydrogens (tertiary/aromatic N) is 1. The van der Waals surface area contributed by atoms with Crippen LogP contribution in [0.4, 0.5) is 5.95 Å². The first-order valence-corrected chi connectivity index (χ1v) is 5.46. The Morgan fingerprint density at radius 1 is 1.44 bits per heavy atom. The highest BCUT2D eigenvalue weighted by atomic mass is 16.1. The number of aromatic amines is 1. The highest BCUT2D eigenvalue weighted by Gasteiger charge is 2.04. The number of nitrogens with one attached hydrogen (secondary N) is 2. The molecule has 0 spiro atoms. The van der Waals surface area contributed by atoms with Gasteiger partial charge in [0.15, 0.2) is 0 Å². The van der Waals surface area contributed by atoms with Crippen molar-refractivity contribution in [2.24, 2.45) is 0 Å². The van der Waals surface area contributed by atoms with Crippen LogP contribution in [-0.2, 0) is 0 Å². The standard InChI is InChI=1S/C12H15N3O/c1-3-8(2)13-12-14-10-7-5-4-6-9(10)11(16)15-12/h4-8H,3H2,1-2H3,(H2,13,14,15,16). The summed E-state index contributed by atoms with van der Waals surface area (Å²) in [7, 11) is 0. The summed E-state index contributed by atoms with van der Waals surface area (Å²) in [6, 6.07) is 7.62. The number of para-hydroxylation sites is 1. The fourth-order valence-corrected chi connectivity index (χ4v) is 1.49. The fraction of sp³-hybridized carbons (Fsp3) is 0.333. The highest BCUT2D eigenvalue weighted by molar-refractivity contribution is 5.78. The molecule has 0 saturated carbocycles. The quantitative estimate of drug-likeness (QED) is 0.828. The van der Waals surface area contributed by atoms with E-state index in [0.717, 1.165) is 11.9 Å². The maximum absolute atomic E-state index is 11.7. The Morgan fingerprint density at radius 2 is 2.19 bits per heavy atom. The number of rotatable bonds is 3. The van der Waals surface area contributed by atoms with Crippen LogP contribution in [0.15, 0.2) is 29.1 Å². The Balaban J connectivity index is 2.46. The molecule has 0 aliphatic carbocycles. The molecule has 0 aliphatic rings. The van der Waals surface area contributed by atoms with Gasteiger partial charge in [0.25, 0.3) is 5.56 Å². The van der Waals surface area contributed by atoms with Gasteiger partial charge in [-0.05, 0) is 25.5 Å². The van der Waals surface area contributed by atoms with E-state index in [4.69, 9.17) is 0 Å². The molecule has 0 amide bonds. The van der Waals surface area contributed by atoms with Gasteiger partial charge in [-0.15, -0.1) is 0 Å². The average Bonchev–Trinajstić information content (AvgIpc) is 2.29. The van der Waals surface area contributed by atoms with E-state index >= 15 is 0 Å². The first kappa shape index (κ1) is 10.7. The van der Waals surface area contributed by atoms with E-state index in [1.54, 1.807) is 6.07 Å². The van der Waals surface area contributed by atoms with E-state index < -0.39 is 0 Å². The summed E-state index contributed by atoms with van der Waals surface area (Å²) in [6.07, 6.45) is 0.983. The third-order valence-corrected chi connectivity index (χ3v) is 2.61. The second kappa shape index (κ2) is 4.35. The van der Waals surface area contributed by atoms with Gasteiger partial charge in [-0.2, -0.15) is 0 Å². The molecule has 2 N–H and O–H groups in total. The van der Waals surface area contributed by atoms with Crippen LogP contribution in [0.1, 0.15) is 20.3 Å². The lowest BCUT2D eigenvalue weighted by atomic mass is 10.2. The van der Waals surface area contributed by atoms with Crippen molar-refractivity contribution >= 4 is 16.9 Å². The summed E-state index contributed by atoms with van der Waals surface area (Å²) in [5, 5.41) is 3.78. The Bertz CT molecular complexity index is 547. The molecule has 4 heteroatoms. The SMILES string of the molecule is CCC(C)Nc1nc2ccccc2c(=O)[nH]1. The molecule has 0 radical (unpaired) electrons. The molecule has 16 heavy (non-hydrogen) atoms. The minimum absolute atomic E-state index is 0.101. The molecule has 1 aromatic carbocycles. The zero-order valence-corrected chi connectivity index (χ0v) is 9.45. The number of hydrogen-bond acceptors (Lipinski definition) is 3. The van der Waals surface area contributed by atoms with E-state index in [-0.39, 0.29) is 5.56 Å². The molecular formula is C12H15N3O. The number of benzene rings is 1. The molecule has 0 fully saturated rings. The van der Waals surface area contributed by atoms with Gasteiger partial charge in [0, 0.05) is 6.04 Å². The smallest absolute Gasteiger partial charge is 0.260 e. The minimum Gasteiger partial charge on any atom is -0.353 e. The number of anilines is 1. The predicted molar refractivity (Wildman–Crippen MR) is 65.7 cm³/mol. The first-order valence-electron chi connectivity index (χ1n) is 5.46. The third kappa shape index (κ3) is 2.05. The lowest BCUT2D eigenvalue weighted by Gasteiger charge is -2.11. The lowest BCUT2D eigenvalue weighted by Crippen LogP contribution is -2.19. The maximum Gasteiger partial charge on any atom is 0.260 e.